The Balaban J connectivity index is 2.24. The number of hydrogen-bond donors (Lipinski definition) is 1. The van der Waals surface area contributed by atoms with Crippen molar-refractivity contribution in [1.29, 1.82) is 0 Å². The second-order valence-corrected chi connectivity index (χ2v) is 5.72. The summed E-state index contributed by atoms with van der Waals surface area (Å²) in [4.78, 5) is 0. The molecule has 0 heterocycles. The number of halogens is 3. The van der Waals surface area contributed by atoms with Gasteiger partial charge in [0.05, 0.1) is 0 Å². The zero-order valence-corrected chi connectivity index (χ0v) is 12.6. The van der Waals surface area contributed by atoms with Crippen molar-refractivity contribution in [3.63, 3.8) is 0 Å². The fourth-order valence-electron chi connectivity index (χ4n) is 2.05. The molecule has 2 aromatic carbocycles. The first kappa shape index (κ1) is 14.5. The van der Waals surface area contributed by atoms with Crippen LogP contribution < -0.4 is 5.73 Å². The highest BCUT2D eigenvalue weighted by molar-refractivity contribution is 9.10. The highest BCUT2D eigenvalue weighted by Crippen LogP contribution is 2.27. The van der Waals surface area contributed by atoms with E-state index in [1.807, 2.05) is 24.3 Å². The highest BCUT2D eigenvalue weighted by Gasteiger charge is 2.13. The highest BCUT2D eigenvalue weighted by atomic mass is 79.9. The molecule has 19 heavy (non-hydrogen) atoms. The summed E-state index contributed by atoms with van der Waals surface area (Å²) in [6.07, 6.45) is 0.748. The fraction of sp³-hybridized carbons (Fsp3) is 0.200. The maximum absolute atomic E-state index is 13.1. The van der Waals surface area contributed by atoms with Crippen molar-refractivity contribution < 1.29 is 4.39 Å². The van der Waals surface area contributed by atoms with Gasteiger partial charge in [-0.05, 0) is 48.4 Å². The molecular weight excluding hydrogens is 329 g/mol. The van der Waals surface area contributed by atoms with Gasteiger partial charge in [0.2, 0.25) is 0 Å². The first-order valence-electron chi connectivity index (χ1n) is 5.99. The third-order valence-corrected chi connectivity index (χ3v) is 4.06. The van der Waals surface area contributed by atoms with Gasteiger partial charge in [-0.3, -0.25) is 0 Å². The number of hydrogen-bond acceptors (Lipinski definition) is 1. The molecule has 0 bridgehead atoms. The van der Waals surface area contributed by atoms with Gasteiger partial charge >= 0.3 is 0 Å². The molecule has 0 aliphatic carbocycles. The average molecular weight is 343 g/mol. The van der Waals surface area contributed by atoms with Crippen LogP contribution in [0.15, 0.2) is 46.9 Å². The van der Waals surface area contributed by atoms with Gasteiger partial charge in [-0.25, -0.2) is 4.39 Å². The van der Waals surface area contributed by atoms with Gasteiger partial charge in [0.1, 0.15) is 5.82 Å². The SMILES string of the molecule is NCC(Cc1ccc(F)cc1Br)c1cccc(Cl)c1. The second kappa shape index (κ2) is 6.51. The maximum atomic E-state index is 13.1. The van der Waals surface area contributed by atoms with Crippen LogP contribution in [-0.2, 0) is 6.42 Å². The molecule has 4 heteroatoms. The van der Waals surface area contributed by atoms with Crippen LogP contribution in [0, 0.1) is 5.82 Å². The molecule has 0 saturated heterocycles. The summed E-state index contributed by atoms with van der Waals surface area (Å²) < 4.78 is 13.8. The van der Waals surface area contributed by atoms with E-state index in [0.29, 0.717) is 11.6 Å². The molecule has 0 radical (unpaired) electrons. The van der Waals surface area contributed by atoms with Crippen LogP contribution in [0.4, 0.5) is 4.39 Å². The Morgan fingerprint density at radius 3 is 2.63 bits per heavy atom. The number of benzene rings is 2. The van der Waals surface area contributed by atoms with E-state index in [4.69, 9.17) is 17.3 Å². The van der Waals surface area contributed by atoms with Crippen molar-refractivity contribution in [2.75, 3.05) is 6.54 Å². The van der Waals surface area contributed by atoms with Gasteiger partial charge in [0.15, 0.2) is 0 Å². The summed E-state index contributed by atoms with van der Waals surface area (Å²) in [6, 6.07) is 12.4. The Kier molecular flexibility index (Phi) is 4.97. The van der Waals surface area contributed by atoms with Gasteiger partial charge in [-0.2, -0.15) is 0 Å². The van der Waals surface area contributed by atoms with Gasteiger partial charge in [0.25, 0.3) is 0 Å². The van der Waals surface area contributed by atoms with Crippen LogP contribution in [0.3, 0.4) is 0 Å². The molecule has 2 N–H and O–H groups in total. The molecule has 0 spiro atoms. The lowest BCUT2D eigenvalue weighted by Gasteiger charge is -2.16. The zero-order chi connectivity index (χ0) is 13.8. The molecule has 0 aliphatic rings. The lowest BCUT2D eigenvalue weighted by molar-refractivity contribution is 0.624. The molecule has 0 fully saturated rings. The molecule has 100 valence electrons. The van der Waals surface area contributed by atoms with Crippen molar-refractivity contribution in [3.05, 3.63) is 68.9 Å². The lowest BCUT2D eigenvalue weighted by atomic mass is 9.92. The van der Waals surface area contributed by atoms with Gasteiger partial charge in [-0.1, -0.05) is 45.7 Å². The van der Waals surface area contributed by atoms with Crippen molar-refractivity contribution in [1.82, 2.24) is 0 Å². The van der Waals surface area contributed by atoms with E-state index in [9.17, 15) is 4.39 Å². The number of nitrogens with two attached hydrogens (primary N) is 1. The van der Waals surface area contributed by atoms with Crippen molar-refractivity contribution in [3.8, 4) is 0 Å². The Morgan fingerprint density at radius 2 is 2.00 bits per heavy atom. The second-order valence-electron chi connectivity index (χ2n) is 4.43. The molecule has 0 aromatic heterocycles. The van der Waals surface area contributed by atoms with Crippen LogP contribution in [0.2, 0.25) is 5.02 Å². The zero-order valence-electron chi connectivity index (χ0n) is 10.2. The third-order valence-electron chi connectivity index (χ3n) is 3.09. The largest absolute Gasteiger partial charge is 0.330 e. The minimum Gasteiger partial charge on any atom is -0.330 e. The minimum atomic E-state index is -0.248. The normalized spacial score (nSPS) is 12.4. The quantitative estimate of drug-likeness (QED) is 0.868. The van der Waals surface area contributed by atoms with Crippen LogP contribution in [-0.4, -0.2) is 6.54 Å². The molecule has 0 saturated carbocycles. The van der Waals surface area contributed by atoms with E-state index in [-0.39, 0.29) is 11.7 Å². The smallest absolute Gasteiger partial charge is 0.124 e. The van der Waals surface area contributed by atoms with Crippen molar-refractivity contribution in [2.45, 2.75) is 12.3 Å². The Bertz CT molecular complexity index is 574. The van der Waals surface area contributed by atoms with E-state index < -0.39 is 0 Å². The summed E-state index contributed by atoms with van der Waals surface area (Å²) in [5.41, 5.74) is 7.99. The van der Waals surface area contributed by atoms with E-state index in [2.05, 4.69) is 15.9 Å². The lowest BCUT2D eigenvalue weighted by Crippen LogP contribution is -2.15. The van der Waals surface area contributed by atoms with E-state index >= 15 is 0 Å². The molecule has 1 atom stereocenters. The summed E-state index contributed by atoms with van der Waals surface area (Å²) in [5.74, 6) is -0.0804. The molecular formula is C15H14BrClFN. The predicted octanol–water partition coefficient (Wildman–Crippen LogP) is 4.53. The molecule has 2 aromatic rings. The average Bonchev–Trinajstić information content (AvgIpc) is 2.38. The Hall–Kier alpha value is -0.900. The summed E-state index contributed by atoms with van der Waals surface area (Å²) in [6.45, 7) is 0.518. The Morgan fingerprint density at radius 1 is 1.21 bits per heavy atom. The van der Waals surface area contributed by atoms with Crippen LogP contribution in [0.1, 0.15) is 17.0 Å². The molecule has 1 nitrogen and oxygen atoms in total. The standard InChI is InChI=1S/C15H14BrClFN/c16-15-8-14(18)5-4-11(15)6-12(9-19)10-2-1-3-13(17)7-10/h1-5,7-8,12H,6,9,19H2. The molecule has 2 rings (SSSR count). The fourth-order valence-corrected chi connectivity index (χ4v) is 2.76. The van der Waals surface area contributed by atoms with E-state index in [1.54, 1.807) is 6.07 Å². The predicted molar refractivity (Wildman–Crippen MR) is 81.1 cm³/mol. The Labute approximate surface area is 125 Å². The van der Waals surface area contributed by atoms with Crippen molar-refractivity contribution >= 4 is 27.5 Å². The minimum absolute atomic E-state index is 0.167. The first-order chi connectivity index (χ1) is 9.10. The van der Waals surface area contributed by atoms with Gasteiger partial charge in [-0.15, -0.1) is 0 Å². The molecule has 0 amide bonds. The summed E-state index contributed by atoms with van der Waals surface area (Å²) in [5, 5.41) is 0.703. The van der Waals surface area contributed by atoms with E-state index in [0.717, 1.165) is 22.0 Å². The van der Waals surface area contributed by atoms with Crippen LogP contribution in [0.5, 0.6) is 0 Å². The van der Waals surface area contributed by atoms with Crippen molar-refractivity contribution in [2.24, 2.45) is 5.73 Å². The topological polar surface area (TPSA) is 26.0 Å². The summed E-state index contributed by atoms with van der Waals surface area (Å²) in [7, 11) is 0. The molecule has 0 aliphatic heterocycles. The first-order valence-corrected chi connectivity index (χ1v) is 7.16. The summed E-state index contributed by atoms with van der Waals surface area (Å²) >= 11 is 9.39. The van der Waals surface area contributed by atoms with Crippen LogP contribution in [0.25, 0.3) is 0 Å². The molecule has 1 unspecified atom stereocenters. The van der Waals surface area contributed by atoms with E-state index in [1.165, 1.54) is 12.1 Å². The third kappa shape index (κ3) is 3.78. The van der Waals surface area contributed by atoms with Gasteiger partial charge < -0.3 is 5.73 Å². The maximum Gasteiger partial charge on any atom is 0.124 e. The number of rotatable bonds is 4. The van der Waals surface area contributed by atoms with Gasteiger partial charge in [0, 0.05) is 15.4 Å². The monoisotopic (exact) mass is 341 g/mol. The van der Waals surface area contributed by atoms with Crippen LogP contribution >= 0.6 is 27.5 Å².